The molecule has 5 heteroatoms. The van der Waals surface area contributed by atoms with Gasteiger partial charge in [0, 0.05) is 31.6 Å². The largest absolute Gasteiger partial charge is 0.382 e. The van der Waals surface area contributed by atoms with Gasteiger partial charge in [-0.25, -0.2) is 0 Å². The van der Waals surface area contributed by atoms with E-state index in [4.69, 9.17) is 9.57 Å². The van der Waals surface area contributed by atoms with Gasteiger partial charge in [-0.3, -0.25) is 4.79 Å². The van der Waals surface area contributed by atoms with Gasteiger partial charge >= 0.3 is 0 Å². The molecule has 0 spiro atoms. The first kappa shape index (κ1) is 19.6. The maximum Gasteiger partial charge on any atom is 0.264 e. The molecule has 0 saturated carbocycles. The first-order valence-corrected chi connectivity index (χ1v) is 10.4. The fourth-order valence-corrected chi connectivity index (χ4v) is 4.14. The Kier molecular flexibility index (Phi) is 6.25. The monoisotopic (exact) mass is 392 g/mol. The van der Waals surface area contributed by atoms with Crippen LogP contribution in [0, 0.1) is 0 Å². The van der Waals surface area contributed by atoms with Gasteiger partial charge in [0.05, 0.1) is 5.71 Å². The molecule has 1 N–H and O–H groups in total. The normalized spacial score (nSPS) is 20.6. The van der Waals surface area contributed by atoms with Crippen LogP contribution in [0.3, 0.4) is 0 Å². The van der Waals surface area contributed by atoms with Crippen molar-refractivity contribution in [3.05, 3.63) is 71.8 Å². The van der Waals surface area contributed by atoms with Crippen LogP contribution in [0.1, 0.15) is 36.8 Å². The molecule has 4 rings (SSSR count). The van der Waals surface area contributed by atoms with Gasteiger partial charge in [-0.1, -0.05) is 65.8 Å². The van der Waals surface area contributed by atoms with Gasteiger partial charge in [-0.2, -0.15) is 0 Å². The molecule has 1 saturated heterocycles. The summed E-state index contributed by atoms with van der Waals surface area (Å²) in [5.41, 5.74) is 3.41. The van der Waals surface area contributed by atoms with Crippen LogP contribution in [0.2, 0.25) is 0 Å². The maximum absolute atomic E-state index is 12.7. The molecule has 2 heterocycles. The van der Waals surface area contributed by atoms with Gasteiger partial charge in [0.15, 0.2) is 0 Å². The number of carbonyl (C=O) groups excluding carboxylic acids is 1. The zero-order valence-electron chi connectivity index (χ0n) is 16.7. The number of oxime groups is 1. The predicted octanol–water partition coefficient (Wildman–Crippen LogP) is 3.63. The second-order valence-electron chi connectivity index (χ2n) is 7.92. The molecule has 0 radical (unpaired) electrons. The highest BCUT2D eigenvalue weighted by Crippen LogP contribution is 2.34. The van der Waals surface area contributed by atoms with E-state index in [1.54, 1.807) is 0 Å². The molecule has 152 valence electrons. The topological polar surface area (TPSA) is 59.9 Å². The third-order valence-corrected chi connectivity index (χ3v) is 6.00. The number of hydrogen-bond acceptors (Lipinski definition) is 4. The Balaban J connectivity index is 1.30. The fraction of sp³-hybridized carbons (Fsp3) is 0.417. The summed E-state index contributed by atoms with van der Waals surface area (Å²) in [4.78, 5) is 18.2. The summed E-state index contributed by atoms with van der Waals surface area (Å²) in [7, 11) is 0. The molecule has 0 bridgehead atoms. The molecule has 1 amide bonds. The van der Waals surface area contributed by atoms with Crippen molar-refractivity contribution in [1.82, 2.24) is 5.32 Å². The van der Waals surface area contributed by atoms with Crippen molar-refractivity contribution >= 4 is 11.6 Å². The Hall–Kier alpha value is -2.66. The summed E-state index contributed by atoms with van der Waals surface area (Å²) in [5.74, 6) is -0.0785. The lowest BCUT2D eigenvalue weighted by molar-refractivity contribution is -0.131. The van der Waals surface area contributed by atoms with Crippen LogP contribution in [-0.4, -0.2) is 37.5 Å². The summed E-state index contributed by atoms with van der Waals surface area (Å²) < 4.78 is 5.57. The number of nitrogens with one attached hydrogen (secondary N) is 1. The minimum absolute atomic E-state index is 0.0785. The number of amides is 1. The Bertz CT molecular complexity index is 830. The van der Waals surface area contributed by atoms with E-state index in [1.807, 2.05) is 24.3 Å². The summed E-state index contributed by atoms with van der Waals surface area (Å²) in [6.45, 7) is 2.04. The minimum Gasteiger partial charge on any atom is -0.382 e. The van der Waals surface area contributed by atoms with Crippen molar-refractivity contribution in [3.63, 3.8) is 0 Å². The minimum atomic E-state index is -0.520. The molecule has 5 nitrogen and oxygen atoms in total. The highest BCUT2D eigenvalue weighted by molar-refractivity contribution is 5.93. The molecule has 0 unspecified atom stereocenters. The van der Waals surface area contributed by atoms with Crippen molar-refractivity contribution in [1.29, 1.82) is 0 Å². The Labute approximate surface area is 172 Å². The summed E-state index contributed by atoms with van der Waals surface area (Å²) >= 11 is 0. The van der Waals surface area contributed by atoms with Gasteiger partial charge in [0.25, 0.3) is 5.91 Å². The zero-order chi connectivity index (χ0) is 19.9. The molecule has 2 aromatic carbocycles. The third kappa shape index (κ3) is 4.85. The van der Waals surface area contributed by atoms with E-state index in [9.17, 15) is 4.79 Å². The van der Waals surface area contributed by atoms with Crippen molar-refractivity contribution in [2.45, 2.75) is 43.6 Å². The lowest BCUT2D eigenvalue weighted by Gasteiger charge is -2.38. The van der Waals surface area contributed by atoms with E-state index >= 15 is 0 Å². The summed E-state index contributed by atoms with van der Waals surface area (Å²) in [6, 6.07) is 20.7. The second-order valence-corrected chi connectivity index (χ2v) is 7.92. The molecule has 2 aliphatic rings. The van der Waals surface area contributed by atoms with E-state index in [2.05, 4.69) is 46.9 Å². The number of aryl methyl sites for hydroxylation is 1. The number of ether oxygens (including phenoxy) is 1. The number of carbonyl (C=O) groups is 1. The molecule has 2 aromatic rings. The molecular weight excluding hydrogens is 364 g/mol. The molecule has 0 aliphatic carbocycles. The fourth-order valence-electron chi connectivity index (χ4n) is 4.14. The van der Waals surface area contributed by atoms with Crippen LogP contribution >= 0.6 is 0 Å². The first-order valence-electron chi connectivity index (χ1n) is 10.4. The summed E-state index contributed by atoms with van der Waals surface area (Å²) in [5, 5.41) is 7.29. The van der Waals surface area contributed by atoms with E-state index in [1.165, 1.54) is 11.1 Å². The number of hydrogen-bond donors (Lipinski definition) is 1. The number of nitrogens with zero attached hydrogens (tertiary/aromatic N) is 1. The highest BCUT2D eigenvalue weighted by Gasteiger charge is 2.36. The van der Waals surface area contributed by atoms with Crippen LogP contribution in [0.5, 0.6) is 0 Å². The Morgan fingerprint density at radius 3 is 2.41 bits per heavy atom. The third-order valence-electron chi connectivity index (χ3n) is 6.00. The molecule has 1 fully saturated rings. The predicted molar refractivity (Wildman–Crippen MR) is 113 cm³/mol. The average Bonchev–Trinajstić information content (AvgIpc) is 3.27. The average molecular weight is 392 g/mol. The van der Waals surface area contributed by atoms with Crippen LogP contribution in [0.15, 0.2) is 65.8 Å². The smallest absolute Gasteiger partial charge is 0.264 e. The Morgan fingerprint density at radius 1 is 1.00 bits per heavy atom. The molecule has 1 atom stereocenters. The van der Waals surface area contributed by atoms with Gasteiger partial charge in [-0.05, 0) is 36.8 Å². The van der Waals surface area contributed by atoms with Crippen LogP contribution in [-0.2, 0) is 26.2 Å². The maximum atomic E-state index is 12.7. The molecule has 2 aliphatic heterocycles. The zero-order valence-corrected chi connectivity index (χ0v) is 16.7. The van der Waals surface area contributed by atoms with Crippen molar-refractivity contribution < 1.29 is 14.4 Å². The lowest BCUT2D eigenvalue weighted by Crippen LogP contribution is -2.47. The van der Waals surface area contributed by atoms with Gasteiger partial charge in [-0.15, -0.1) is 0 Å². The van der Waals surface area contributed by atoms with Crippen molar-refractivity contribution in [2.75, 3.05) is 19.8 Å². The molecule has 29 heavy (non-hydrogen) atoms. The molecule has 0 aromatic heterocycles. The van der Waals surface area contributed by atoms with E-state index < -0.39 is 6.10 Å². The standard InChI is InChI=1S/C24H28N2O3/c27-23(22-17-21(26-29-22)12-11-19-7-3-1-4-8-19)25-18-24(13-15-28-16-14-24)20-9-5-2-6-10-20/h1-10,22H,11-18H2,(H,25,27)/t22-/m1/s1. The summed E-state index contributed by atoms with van der Waals surface area (Å²) in [6.07, 6.45) is 3.59. The van der Waals surface area contributed by atoms with Crippen molar-refractivity contribution in [2.24, 2.45) is 5.16 Å². The van der Waals surface area contributed by atoms with Gasteiger partial charge in [0.1, 0.15) is 0 Å². The van der Waals surface area contributed by atoms with E-state index in [0.29, 0.717) is 13.0 Å². The van der Waals surface area contributed by atoms with Crippen LogP contribution in [0.25, 0.3) is 0 Å². The number of benzene rings is 2. The van der Waals surface area contributed by atoms with Crippen LogP contribution < -0.4 is 5.32 Å². The van der Waals surface area contributed by atoms with Crippen LogP contribution in [0.4, 0.5) is 0 Å². The van der Waals surface area contributed by atoms with E-state index in [0.717, 1.165) is 44.6 Å². The lowest BCUT2D eigenvalue weighted by atomic mass is 9.74. The van der Waals surface area contributed by atoms with Gasteiger partial charge in [0.2, 0.25) is 6.10 Å². The van der Waals surface area contributed by atoms with E-state index in [-0.39, 0.29) is 11.3 Å². The highest BCUT2D eigenvalue weighted by atomic mass is 16.6. The Morgan fingerprint density at radius 2 is 1.69 bits per heavy atom. The SMILES string of the molecule is O=C(NCC1(c2ccccc2)CCOCC1)[C@H]1CC(CCc2ccccc2)=NO1. The second kappa shape index (κ2) is 9.23. The number of rotatable bonds is 7. The quantitative estimate of drug-likeness (QED) is 0.783. The van der Waals surface area contributed by atoms with Crippen molar-refractivity contribution in [3.8, 4) is 0 Å². The first-order chi connectivity index (χ1) is 14.3. The van der Waals surface area contributed by atoms with Gasteiger partial charge < -0.3 is 14.9 Å². The molecular formula is C24H28N2O3.